The van der Waals surface area contributed by atoms with E-state index in [0.717, 1.165) is 10.6 Å². The number of aromatic nitrogens is 1. The van der Waals surface area contributed by atoms with Crippen molar-refractivity contribution >= 4 is 32.7 Å². The second kappa shape index (κ2) is 5.17. The Labute approximate surface area is 116 Å². The van der Waals surface area contributed by atoms with Gasteiger partial charge in [-0.25, -0.2) is 4.98 Å². The summed E-state index contributed by atoms with van der Waals surface area (Å²) in [7, 11) is 0. The van der Waals surface area contributed by atoms with Gasteiger partial charge in [0, 0.05) is 12.0 Å². The van der Waals surface area contributed by atoms with Crippen molar-refractivity contribution in [3.63, 3.8) is 0 Å². The molecule has 0 aliphatic rings. The molecule has 0 radical (unpaired) electrons. The van der Waals surface area contributed by atoms with Crippen molar-refractivity contribution in [1.82, 2.24) is 4.98 Å². The number of benzene rings is 1. The number of carboxylic acid groups (broad SMARTS) is 1. The standard InChI is InChI=1S/C14H18N2O2S/c1-9-5-4-6-10-12(9)19-13(15-10)16-14(2,3)8-7-11(17)18/h4-6H,7-8H2,1-3H3,(H,15,16)(H,17,18). The Hall–Kier alpha value is -1.62. The zero-order valence-electron chi connectivity index (χ0n) is 11.4. The van der Waals surface area contributed by atoms with Crippen LogP contribution in [0.2, 0.25) is 0 Å². The van der Waals surface area contributed by atoms with Crippen LogP contribution in [0.3, 0.4) is 0 Å². The summed E-state index contributed by atoms with van der Waals surface area (Å²) in [5.41, 5.74) is 1.92. The lowest BCUT2D eigenvalue weighted by atomic mass is 9.99. The number of carboxylic acids is 1. The zero-order valence-corrected chi connectivity index (χ0v) is 12.2. The minimum Gasteiger partial charge on any atom is -0.481 e. The average molecular weight is 278 g/mol. The molecule has 0 aliphatic heterocycles. The highest BCUT2D eigenvalue weighted by molar-refractivity contribution is 7.22. The van der Waals surface area contributed by atoms with E-state index >= 15 is 0 Å². The van der Waals surface area contributed by atoms with Crippen LogP contribution in [0.4, 0.5) is 5.13 Å². The molecule has 0 bridgehead atoms. The summed E-state index contributed by atoms with van der Waals surface area (Å²) in [6, 6.07) is 6.06. The van der Waals surface area contributed by atoms with Crippen LogP contribution in [0.25, 0.3) is 10.2 Å². The number of hydrogen-bond acceptors (Lipinski definition) is 4. The normalized spacial score (nSPS) is 11.7. The van der Waals surface area contributed by atoms with Crippen LogP contribution in [0, 0.1) is 6.92 Å². The van der Waals surface area contributed by atoms with Crippen molar-refractivity contribution < 1.29 is 9.90 Å². The number of nitrogens with zero attached hydrogens (tertiary/aromatic N) is 1. The second-order valence-electron chi connectivity index (χ2n) is 5.34. The number of rotatable bonds is 5. The van der Waals surface area contributed by atoms with Gasteiger partial charge in [0.15, 0.2) is 5.13 Å². The first kappa shape index (κ1) is 13.8. The van der Waals surface area contributed by atoms with Gasteiger partial charge in [-0.2, -0.15) is 0 Å². The minimum absolute atomic E-state index is 0.157. The Kier molecular flexibility index (Phi) is 3.75. The Bertz CT molecular complexity index is 605. The molecule has 0 atom stereocenters. The van der Waals surface area contributed by atoms with Gasteiger partial charge in [0.05, 0.1) is 10.2 Å². The van der Waals surface area contributed by atoms with Crippen molar-refractivity contribution in [3.8, 4) is 0 Å². The number of thiazole rings is 1. The van der Waals surface area contributed by atoms with Gasteiger partial charge in [0.1, 0.15) is 0 Å². The molecule has 1 heterocycles. The van der Waals surface area contributed by atoms with E-state index in [1.165, 1.54) is 10.3 Å². The van der Waals surface area contributed by atoms with Crippen LogP contribution in [0.1, 0.15) is 32.3 Å². The van der Waals surface area contributed by atoms with Gasteiger partial charge < -0.3 is 10.4 Å². The van der Waals surface area contributed by atoms with E-state index in [0.29, 0.717) is 6.42 Å². The van der Waals surface area contributed by atoms with E-state index in [4.69, 9.17) is 5.11 Å². The third kappa shape index (κ3) is 3.44. The van der Waals surface area contributed by atoms with Crippen molar-refractivity contribution in [2.24, 2.45) is 0 Å². The molecule has 102 valence electrons. The molecule has 4 nitrogen and oxygen atoms in total. The topological polar surface area (TPSA) is 62.2 Å². The summed E-state index contributed by atoms with van der Waals surface area (Å²) in [5.74, 6) is -0.769. The second-order valence-corrected chi connectivity index (χ2v) is 6.34. The average Bonchev–Trinajstić information content (AvgIpc) is 2.70. The molecule has 1 aromatic heterocycles. The van der Waals surface area contributed by atoms with Gasteiger partial charge in [-0.15, -0.1) is 0 Å². The summed E-state index contributed by atoms with van der Waals surface area (Å²) in [4.78, 5) is 15.2. The monoisotopic (exact) mass is 278 g/mol. The van der Waals surface area contributed by atoms with E-state index in [1.54, 1.807) is 11.3 Å². The molecule has 0 spiro atoms. The largest absolute Gasteiger partial charge is 0.481 e. The first-order chi connectivity index (χ1) is 8.87. The predicted octanol–water partition coefficient (Wildman–Crippen LogP) is 3.66. The number of carbonyl (C=O) groups is 1. The van der Waals surface area contributed by atoms with Crippen LogP contribution in [-0.4, -0.2) is 21.6 Å². The van der Waals surface area contributed by atoms with Gasteiger partial charge in [0.2, 0.25) is 0 Å². The molecule has 0 saturated carbocycles. The molecule has 0 aliphatic carbocycles. The van der Waals surface area contributed by atoms with Crippen LogP contribution < -0.4 is 5.32 Å². The molecule has 1 aromatic carbocycles. The highest BCUT2D eigenvalue weighted by Crippen LogP contribution is 2.31. The highest BCUT2D eigenvalue weighted by atomic mass is 32.1. The molecular weight excluding hydrogens is 260 g/mol. The van der Waals surface area contributed by atoms with Crippen LogP contribution in [0.15, 0.2) is 18.2 Å². The van der Waals surface area contributed by atoms with E-state index in [9.17, 15) is 4.79 Å². The lowest BCUT2D eigenvalue weighted by Crippen LogP contribution is -2.31. The van der Waals surface area contributed by atoms with Crippen LogP contribution in [0.5, 0.6) is 0 Å². The van der Waals surface area contributed by atoms with Crippen molar-refractivity contribution in [1.29, 1.82) is 0 Å². The molecular formula is C14H18N2O2S. The Morgan fingerprint density at radius 2 is 2.21 bits per heavy atom. The van der Waals surface area contributed by atoms with Gasteiger partial charge >= 0.3 is 5.97 Å². The lowest BCUT2D eigenvalue weighted by molar-refractivity contribution is -0.137. The molecule has 2 N–H and O–H groups in total. The maximum Gasteiger partial charge on any atom is 0.303 e. The van der Waals surface area contributed by atoms with E-state index < -0.39 is 5.97 Å². The summed E-state index contributed by atoms with van der Waals surface area (Å²) in [6.07, 6.45) is 0.723. The summed E-state index contributed by atoms with van der Waals surface area (Å²) in [6.45, 7) is 6.06. The third-order valence-electron chi connectivity index (χ3n) is 3.02. The van der Waals surface area contributed by atoms with Crippen molar-refractivity contribution in [3.05, 3.63) is 23.8 Å². The van der Waals surface area contributed by atoms with Gasteiger partial charge in [-0.3, -0.25) is 4.79 Å². The fourth-order valence-corrected chi connectivity index (χ4v) is 3.02. The SMILES string of the molecule is Cc1cccc2nc(NC(C)(C)CCC(=O)O)sc12. The number of anilines is 1. The molecule has 2 aromatic rings. The highest BCUT2D eigenvalue weighted by Gasteiger charge is 2.20. The molecule has 19 heavy (non-hydrogen) atoms. The van der Waals surface area contributed by atoms with E-state index in [-0.39, 0.29) is 12.0 Å². The Balaban J connectivity index is 2.16. The molecule has 0 fully saturated rings. The first-order valence-electron chi connectivity index (χ1n) is 6.23. The Morgan fingerprint density at radius 1 is 1.47 bits per heavy atom. The summed E-state index contributed by atoms with van der Waals surface area (Å²) in [5, 5.41) is 12.9. The molecule has 0 amide bonds. The number of aryl methyl sites for hydroxylation is 1. The fraction of sp³-hybridized carbons (Fsp3) is 0.429. The lowest BCUT2D eigenvalue weighted by Gasteiger charge is -2.25. The van der Waals surface area contributed by atoms with Crippen LogP contribution in [-0.2, 0) is 4.79 Å². The fourth-order valence-electron chi connectivity index (χ4n) is 1.91. The quantitative estimate of drug-likeness (QED) is 0.876. The van der Waals surface area contributed by atoms with Gasteiger partial charge in [-0.1, -0.05) is 23.5 Å². The summed E-state index contributed by atoms with van der Waals surface area (Å²) < 4.78 is 1.18. The minimum atomic E-state index is -0.769. The van der Waals surface area contributed by atoms with Crippen LogP contribution >= 0.6 is 11.3 Å². The smallest absolute Gasteiger partial charge is 0.303 e. The predicted molar refractivity (Wildman–Crippen MR) is 78.9 cm³/mol. The molecule has 0 unspecified atom stereocenters. The van der Waals surface area contributed by atoms with E-state index in [1.807, 2.05) is 26.0 Å². The van der Waals surface area contributed by atoms with Crippen molar-refractivity contribution in [2.45, 2.75) is 39.2 Å². The van der Waals surface area contributed by atoms with Gasteiger partial charge in [0.25, 0.3) is 0 Å². The first-order valence-corrected chi connectivity index (χ1v) is 7.05. The molecule has 5 heteroatoms. The zero-order chi connectivity index (χ0) is 14.0. The Morgan fingerprint density at radius 3 is 2.84 bits per heavy atom. The summed E-state index contributed by atoms with van der Waals surface area (Å²) >= 11 is 1.62. The molecule has 2 rings (SSSR count). The van der Waals surface area contributed by atoms with Gasteiger partial charge in [-0.05, 0) is 38.8 Å². The number of hydrogen-bond donors (Lipinski definition) is 2. The third-order valence-corrected chi connectivity index (χ3v) is 4.14. The number of fused-ring (bicyclic) bond motifs is 1. The maximum atomic E-state index is 10.6. The number of nitrogens with one attached hydrogen (secondary N) is 1. The number of aliphatic carboxylic acids is 1. The van der Waals surface area contributed by atoms with E-state index in [2.05, 4.69) is 23.3 Å². The molecule has 0 saturated heterocycles. The maximum absolute atomic E-state index is 10.6. The van der Waals surface area contributed by atoms with Crippen molar-refractivity contribution in [2.75, 3.05) is 5.32 Å².